The second kappa shape index (κ2) is 7.64. The summed E-state index contributed by atoms with van der Waals surface area (Å²) in [4.78, 5) is 34.6. The van der Waals surface area contributed by atoms with E-state index < -0.39 is 23.0 Å². The van der Waals surface area contributed by atoms with Crippen LogP contribution in [0, 0.1) is 13.8 Å². The molecule has 0 unspecified atom stereocenters. The van der Waals surface area contributed by atoms with Crippen molar-refractivity contribution < 1.29 is 13.2 Å². The normalized spacial score (nSPS) is 12.0. The molecule has 0 saturated heterocycles. The molecule has 2 aromatic rings. The Morgan fingerprint density at radius 3 is 2.35 bits per heavy atom. The van der Waals surface area contributed by atoms with Crippen molar-refractivity contribution in [3.8, 4) is 11.5 Å². The van der Waals surface area contributed by atoms with E-state index in [0.29, 0.717) is 24.9 Å². The number of benzene rings is 2. The molecule has 9 heteroatoms. The van der Waals surface area contributed by atoms with E-state index in [2.05, 4.69) is 15.0 Å². The molecule has 0 aliphatic carbocycles. The van der Waals surface area contributed by atoms with Gasteiger partial charge in [-0.2, -0.15) is 18.2 Å². The number of nitrogens with one attached hydrogen (secondary N) is 1. The summed E-state index contributed by atoms with van der Waals surface area (Å²) in [5.74, 6) is 0.192. The van der Waals surface area contributed by atoms with Crippen LogP contribution in [0.5, 0.6) is 0 Å². The fraction of sp³-hybridized carbons (Fsp3) is 0.273. The molecular formula is C22H19F3N4O2. The maximum absolute atomic E-state index is 12.7. The van der Waals surface area contributed by atoms with Crippen LogP contribution in [0.25, 0.3) is 22.6 Å². The van der Waals surface area contributed by atoms with Crippen molar-refractivity contribution in [1.82, 2.24) is 19.5 Å². The van der Waals surface area contributed by atoms with E-state index in [9.17, 15) is 22.8 Å². The first-order chi connectivity index (χ1) is 14.6. The Kier molecular flexibility index (Phi) is 5.12. The average Bonchev–Trinajstić information content (AvgIpc) is 2.69. The highest BCUT2D eigenvalue weighted by Crippen LogP contribution is 2.29. The zero-order chi connectivity index (χ0) is 22.3. The number of aryl methyl sites for hydroxylation is 4. The first-order valence-electron chi connectivity index (χ1n) is 9.71. The zero-order valence-electron chi connectivity index (χ0n) is 16.9. The molecule has 0 spiro atoms. The van der Waals surface area contributed by atoms with Crippen LogP contribution in [-0.4, -0.2) is 19.5 Å². The van der Waals surface area contributed by atoms with Crippen LogP contribution < -0.4 is 11.2 Å². The molecule has 4 rings (SSSR count). The van der Waals surface area contributed by atoms with E-state index in [4.69, 9.17) is 0 Å². The van der Waals surface area contributed by atoms with Gasteiger partial charge < -0.3 is 4.57 Å². The van der Waals surface area contributed by atoms with Crippen molar-refractivity contribution in [2.75, 3.05) is 0 Å². The summed E-state index contributed by atoms with van der Waals surface area (Å²) in [5, 5.41) is 0. The van der Waals surface area contributed by atoms with E-state index in [0.717, 1.165) is 34.3 Å². The highest BCUT2D eigenvalue weighted by molar-refractivity contribution is 5.81. The molecule has 2 aliphatic heterocycles. The summed E-state index contributed by atoms with van der Waals surface area (Å²) in [6.45, 7) is 4.31. The largest absolute Gasteiger partial charge is 0.416 e. The van der Waals surface area contributed by atoms with Gasteiger partial charge in [0.15, 0.2) is 11.5 Å². The Labute approximate surface area is 174 Å². The lowest BCUT2D eigenvalue weighted by atomic mass is 10.1. The third-order valence-corrected chi connectivity index (χ3v) is 5.35. The molecular weight excluding hydrogens is 409 g/mol. The van der Waals surface area contributed by atoms with Gasteiger partial charge in [-0.25, -0.2) is 9.78 Å². The lowest BCUT2D eigenvalue weighted by Gasteiger charge is -2.18. The lowest BCUT2D eigenvalue weighted by Crippen LogP contribution is -2.29. The molecule has 6 nitrogen and oxygen atoms in total. The van der Waals surface area contributed by atoms with Crippen molar-refractivity contribution >= 4 is 11.0 Å². The third kappa shape index (κ3) is 4.08. The second-order valence-corrected chi connectivity index (χ2v) is 7.53. The Hall–Kier alpha value is -3.49. The third-order valence-electron chi connectivity index (χ3n) is 5.35. The molecule has 2 aromatic carbocycles. The highest BCUT2D eigenvalue weighted by Gasteiger charge is 2.29. The smallest absolute Gasteiger partial charge is 0.322 e. The molecule has 0 fully saturated rings. The molecule has 0 saturated carbocycles. The predicted octanol–water partition coefficient (Wildman–Crippen LogP) is 3.85. The molecule has 0 radical (unpaired) electrons. The van der Waals surface area contributed by atoms with E-state index in [-0.39, 0.29) is 11.5 Å². The fourth-order valence-electron chi connectivity index (χ4n) is 3.58. The Balaban J connectivity index is 1.70. The predicted molar refractivity (Wildman–Crippen MR) is 110 cm³/mol. The zero-order valence-corrected chi connectivity index (χ0v) is 16.9. The first-order valence-corrected chi connectivity index (χ1v) is 9.71. The molecule has 2 heterocycles. The van der Waals surface area contributed by atoms with Crippen LogP contribution in [0.1, 0.15) is 28.7 Å². The standard InChI is InChI=1S/C22H19F3N4O2/c1-12-10-16-17(11-13(12)2)29(19-18(26-16)20(30)28-21(31)27-19)9-3-4-14-5-7-15(8-6-14)22(23,24)25/h5-8,10-11H,3-4,9H2,1-2H3,(H,28,30,31). The molecule has 0 aromatic heterocycles. The van der Waals surface area contributed by atoms with Gasteiger partial charge in [0.1, 0.15) is 0 Å². The average molecular weight is 428 g/mol. The van der Waals surface area contributed by atoms with Crippen molar-refractivity contribution in [3.63, 3.8) is 0 Å². The summed E-state index contributed by atoms with van der Waals surface area (Å²) < 4.78 is 40.0. The van der Waals surface area contributed by atoms with Gasteiger partial charge in [0.25, 0.3) is 5.56 Å². The molecule has 31 heavy (non-hydrogen) atoms. The number of alkyl halides is 3. The van der Waals surface area contributed by atoms with Crippen LogP contribution in [0.3, 0.4) is 0 Å². The number of aromatic amines is 1. The summed E-state index contributed by atoms with van der Waals surface area (Å²) in [6.07, 6.45) is -3.28. The summed E-state index contributed by atoms with van der Waals surface area (Å²) in [6, 6.07) is 8.86. The van der Waals surface area contributed by atoms with Crippen LogP contribution in [0.2, 0.25) is 0 Å². The molecule has 1 N–H and O–H groups in total. The van der Waals surface area contributed by atoms with Crippen LogP contribution in [0.15, 0.2) is 46.0 Å². The lowest BCUT2D eigenvalue weighted by molar-refractivity contribution is -0.137. The topological polar surface area (TPSA) is 80.6 Å². The Bertz CT molecular complexity index is 1350. The van der Waals surface area contributed by atoms with Crippen molar-refractivity contribution in [2.45, 2.75) is 39.4 Å². The van der Waals surface area contributed by atoms with Gasteiger partial charge in [-0.05, 0) is 67.6 Å². The number of hydrogen-bond acceptors (Lipinski definition) is 4. The molecule has 160 valence electrons. The van der Waals surface area contributed by atoms with Crippen molar-refractivity contribution in [3.05, 3.63) is 79.5 Å². The van der Waals surface area contributed by atoms with Crippen LogP contribution in [-0.2, 0) is 19.1 Å². The van der Waals surface area contributed by atoms with Crippen molar-refractivity contribution in [2.24, 2.45) is 0 Å². The minimum absolute atomic E-state index is 0.0740. The molecule has 2 aliphatic rings. The maximum Gasteiger partial charge on any atom is 0.416 e. The number of halogens is 3. The van der Waals surface area contributed by atoms with Gasteiger partial charge in [0, 0.05) is 6.54 Å². The molecule has 0 atom stereocenters. The van der Waals surface area contributed by atoms with E-state index in [1.54, 1.807) is 4.57 Å². The number of rotatable bonds is 4. The van der Waals surface area contributed by atoms with Gasteiger partial charge in [-0.15, -0.1) is 0 Å². The van der Waals surface area contributed by atoms with E-state index in [1.165, 1.54) is 12.1 Å². The van der Waals surface area contributed by atoms with E-state index >= 15 is 0 Å². The van der Waals surface area contributed by atoms with Crippen LogP contribution in [0.4, 0.5) is 13.2 Å². The fourth-order valence-corrected chi connectivity index (χ4v) is 3.58. The number of fused-ring (bicyclic) bond motifs is 2. The number of aromatic nitrogens is 4. The van der Waals surface area contributed by atoms with Gasteiger partial charge in [0.05, 0.1) is 16.6 Å². The van der Waals surface area contributed by atoms with Gasteiger partial charge >= 0.3 is 11.9 Å². The van der Waals surface area contributed by atoms with E-state index in [1.807, 2.05) is 26.0 Å². The Morgan fingerprint density at radius 1 is 1.00 bits per heavy atom. The second-order valence-electron chi connectivity index (χ2n) is 7.53. The number of hydrogen-bond donors (Lipinski definition) is 1. The summed E-state index contributed by atoms with van der Waals surface area (Å²) in [7, 11) is 0. The summed E-state index contributed by atoms with van der Waals surface area (Å²) in [5.41, 5.74) is 2.18. The first kappa shape index (κ1) is 20.8. The maximum atomic E-state index is 12.7. The minimum Gasteiger partial charge on any atom is -0.322 e. The van der Waals surface area contributed by atoms with Crippen LogP contribution >= 0.6 is 0 Å². The monoisotopic (exact) mass is 428 g/mol. The Morgan fingerprint density at radius 2 is 1.68 bits per heavy atom. The van der Waals surface area contributed by atoms with Gasteiger partial charge in [0.2, 0.25) is 0 Å². The quantitative estimate of drug-likeness (QED) is 0.501. The molecule has 0 bridgehead atoms. The summed E-state index contributed by atoms with van der Waals surface area (Å²) >= 11 is 0. The van der Waals surface area contributed by atoms with Crippen molar-refractivity contribution in [1.29, 1.82) is 0 Å². The number of nitrogens with zero attached hydrogens (tertiary/aromatic N) is 3. The highest BCUT2D eigenvalue weighted by atomic mass is 19.4. The van der Waals surface area contributed by atoms with Gasteiger partial charge in [-0.3, -0.25) is 9.78 Å². The SMILES string of the molecule is Cc1cc2nc3c(=O)[nH]c(=O)nc-3n(CCCc3ccc(C(F)(F)F)cc3)c2cc1C. The van der Waals surface area contributed by atoms with Gasteiger partial charge in [-0.1, -0.05) is 12.1 Å². The number of H-pyrrole nitrogens is 1. The molecule has 0 amide bonds. The minimum atomic E-state index is -4.37.